The lowest BCUT2D eigenvalue weighted by molar-refractivity contribution is 0.433. The first-order chi connectivity index (χ1) is 7.31. The van der Waals surface area contributed by atoms with Crippen LogP contribution < -0.4 is 5.32 Å². The summed E-state index contributed by atoms with van der Waals surface area (Å²) in [6.45, 7) is 2.31. The van der Waals surface area contributed by atoms with Crippen molar-refractivity contribution in [3.63, 3.8) is 0 Å². The summed E-state index contributed by atoms with van der Waals surface area (Å²) in [5.74, 6) is 1.18. The fraction of sp³-hybridized carbons (Fsp3) is 0.538. The van der Waals surface area contributed by atoms with Crippen LogP contribution in [-0.2, 0) is 5.41 Å². The molecule has 1 aromatic carbocycles. The summed E-state index contributed by atoms with van der Waals surface area (Å²) in [5.41, 5.74) is 1.73. The molecule has 2 aliphatic rings. The van der Waals surface area contributed by atoms with Crippen LogP contribution in [0.3, 0.4) is 0 Å². The first-order valence-corrected chi connectivity index (χ1v) is 5.81. The largest absolute Gasteiger partial charge is 0.508 e. The Morgan fingerprint density at radius 3 is 2.80 bits per heavy atom. The summed E-state index contributed by atoms with van der Waals surface area (Å²) in [5, 5.41) is 13.0. The molecule has 0 spiro atoms. The molecular formula is C13H17NO. The number of aromatic hydroxyl groups is 1. The van der Waals surface area contributed by atoms with Crippen molar-refractivity contribution in [2.24, 2.45) is 5.92 Å². The molecular weight excluding hydrogens is 186 g/mol. The van der Waals surface area contributed by atoms with Gasteiger partial charge in [0, 0.05) is 0 Å². The first kappa shape index (κ1) is 9.22. The number of nitrogens with one attached hydrogen (secondary N) is 1. The maximum atomic E-state index is 9.53. The summed E-state index contributed by atoms with van der Waals surface area (Å²) in [7, 11) is 0. The Bertz CT molecular complexity index is 365. The normalized spacial score (nSPS) is 27.9. The van der Waals surface area contributed by atoms with Crippen molar-refractivity contribution in [1.82, 2.24) is 5.32 Å². The molecule has 1 saturated carbocycles. The summed E-state index contributed by atoms with van der Waals surface area (Å²) in [6, 6.07) is 7.84. The van der Waals surface area contributed by atoms with E-state index in [0.29, 0.717) is 11.2 Å². The molecule has 0 aromatic heterocycles. The number of phenolic OH excluding ortho intramolecular Hbond substituents is 1. The molecule has 15 heavy (non-hydrogen) atoms. The van der Waals surface area contributed by atoms with Gasteiger partial charge in [-0.05, 0) is 61.4 Å². The molecule has 1 aliphatic carbocycles. The molecule has 80 valence electrons. The maximum Gasteiger partial charge on any atom is 0.115 e. The third-order valence-electron chi connectivity index (χ3n) is 4.05. The minimum absolute atomic E-state index is 0.391. The van der Waals surface area contributed by atoms with Gasteiger partial charge in [-0.25, -0.2) is 0 Å². The molecule has 1 heterocycles. The Hall–Kier alpha value is -1.02. The van der Waals surface area contributed by atoms with Crippen LogP contribution in [0.1, 0.15) is 24.8 Å². The molecule has 1 aromatic rings. The molecule has 1 saturated heterocycles. The van der Waals surface area contributed by atoms with Gasteiger partial charge in [0.15, 0.2) is 0 Å². The zero-order valence-corrected chi connectivity index (χ0v) is 8.87. The fourth-order valence-corrected chi connectivity index (χ4v) is 3.01. The first-order valence-electron chi connectivity index (χ1n) is 5.81. The molecule has 2 heteroatoms. The van der Waals surface area contributed by atoms with Crippen LogP contribution in [0.4, 0.5) is 0 Å². The minimum Gasteiger partial charge on any atom is -0.508 e. The quantitative estimate of drug-likeness (QED) is 0.771. The molecule has 2 fully saturated rings. The van der Waals surface area contributed by atoms with Crippen LogP contribution in [0.25, 0.3) is 0 Å². The van der Waals surface area contributed by atoms with E-state index < -0.39 is 0 Å². The summed E-state index contributed by atoms with van der Waals surface area (Å²) in [4.78, 5) is 0. The molecule has 1 atom stereocenters. The predicted molar refractivity (Wildman–Crippen MR) is 60.0 cm³/mol. The summed E-state index contributed by atoms with van der Waals surface area (Å²) >= 11 is 0. The van der Waals surface area contributed by atoms with Crippen LogP contribution in [0.2, 0.25) is 0 Å². The van der Waals surface area contributed by atoms with Crippen molar-refractivity contribution in [2.75, 3.05) is 13.1 Å². The highest BCUT2D eigenvalue weighted by molar-refractivity contribution is 5.38. The van der Waals surface area contributed by atoms with E-state index >= 15 is 0 Å². The second-order valence-corrected chi connectivity index (χ2v) is 4.90. The number of rotatable bonds is 2. The van der Waals surface area contributed by atoms with Crippen molar-refractivity contribution in [3.8, 4) is 5.75 Å². The van der Waals surface area contributed by atoms with E-state index in [9.17, 15) is 5.11 Å². The van der Waals surface area contributed by atoms with Crippen molar-refractivity contribution >= 4 is 0 Å². The van der Waals surface area contributed by atoms with Gasteiger partial charge in [0.25, 0.3) is 0 Å². The van der Waals surface area contributed by atoms with Gasteiger partial charge >= 0.3 is 0 Å². The average molecular weight is 203 g/mol. The van der Waals surface area contributed by atoms with Crippen molar-refractivity contribution in [2.45, 2.75) is 24.7 Å². The molecule has 1 aliphatic heterocycles. The van der Waals surface area contributed by atoms with Gasteiger partial charge < -0.3 is 10.4 Å². The lowest BCUT2D eigenvalue weighted by Crippen LogP contribution is -2.22. The lowest BCUT2D eigenvalue weighted by atomic mass is 9.82. The minimum atomic E-state index is 0.391. The highest BCUT2D eigenvalue weighted by Gasteiger charge is 2.50. The Labute approximate surface area is 90.3 Å². The molecule has 2 nitrogen and oxygen atoms in total. The number of hydrogen-bond acceptors (Lipinski definition) is 2. The average Bonchev–Trinajstić information content (AvgIpc) is 2.87. The van der Waals surface area contributed by atoms with Crippen molar-refractivity contribution in [3.05, 3.63) is 29.8 Å². The zero-order valence-electron chi connectivity index (χ0n) is 8.87. The second kappa shape index (κ2) is 3.24. The van der Waals surface area contributed by atoms with E-state index in [1.54, 1.807) is 6.07 Å². The summed E-state index contributed by atoms with van der Waals surface area (Å²) < 4.78 is 0. The molecule has 0 radical (unpaired) electrons. The van der Waals surface area contributed by atoms with Crippen LogP contribution in [0.15, 0.2) is 24.3 Å². The zero-order chi connectivity index (χ0) is 10.3. The van der Waals surface area contributed by atoms with E-state index in [1.165, 1.54) is 24.8 Å². The SMILES string of the molecule is Oc1cccc(C2(C3CCNC3)CC2)c1. The van der Waals surface area contributed by atoms with E-state index in [-0.39, 0.29) is 0 Å². The molecule has 0 amide bonds. The lowest BCUT2D eigenvalue weighted by Gasteiger charge is -2.22. The predicted octanol–water partition coefficient (Wildman–Crippen LogP) is 2.03. The Kier molecular flexibility index (Phi) is 1.99. The van der Waals surface area contributed by atoms with E-state index in [0.717, 1.165) is 19.0 Å². The molecule has 2 N–H and O–H groups in total. The second-order valence-electron chi connectivity index (χ2n) is 4.90. The Balaban J connectivity index is 1.92. The fourth-order valence-electron chi connectivity index (χ4n) is 3.01. The van der Waals surface area contributed by atoms with Crippen LogP contribution in [0.5, 0.6) is 5.75 Å². The molecule has 1 unspecified atom stereocenters. The van der Waals surface area contributed by atoms with Crippen molar-refractivity contribution < 1.29 is 5.11 Å². The van der Waals surface area contributed by atoms with Gasteiger partial charge in [-0.1, -0.05) is 12.1 Å². The highest BCUT2D eigenvalue weighted by atomic mass is 16.3. The number of benzene rings is 1. The maximum absolute atomic E-state index is 9.53. The van der Waals surface area contributed by atoms with E-state index in [1.807, 2.05) is 12.1 Å². The van der Waals surface area contributed by atoms with Gasteiger partial charge in [0.2, 0.25) is 0 Å². The van der Waals surface area contributed by atoms with Gasteiger partial charge in [-0.2, -0.15) is 0 Å². The third kappa shape index (κ3) is 1.44. The van der Waals surface area contributed by atoms with Gasteiger partial charge in [-0.3, -0.25) is 0 Å². The van der Waals surface area contributed by atoms with E-state index in [2.05, 4.69) is 11.4 Å². The smallest absolute Gasteiger partial charge is 0.115 e. The van der Waals surface area contributed by atoms with Crippen LogP contribution >= 0.6 is 0 Å². The summed E-state index contributed by atoms with van der Waals surface area (Å²) in [6.07, 6.45) is 3.88. The van der Waals surface area contributed by atoms with Gasteiger partial charge in [0.05, 0.1) is 0 Å². The monoisotopic (exact) mass is 203 g/mol. The number of phenols is 1. The van der Waals surface area contributed by atoms with Crippen molar-refractivity contribution in [1.29, 1.82) is 0 Å². The third-order valence-corrected chi connectivity index (χ3v) is 4.05. The van der Waals surface area contributed by atoms with Crippen LogP contribution in [0, 0.1) is 5.92 Å². The van der Waals surface area contributed by atoms with Gasteiger partial charge in [0.1, 0.15) is 5.75 Å². The Morgan fingerprint density at radius 1 is 1.33 bits per heavy atom. The van der Waals surface area contributed by atoms with Crippen LogP contribution in [-0.4, -0.2) is 18.2 Å². The standard InChI is InChI=1S/C13H17NO/c15-12-3-1-2-10(8-12)13(5-6-13)11-4-7-14-9-11/h1-3,8,11,14-15H,4-7,9H2. The topological polar surface area (TPSA) is 32.3 Å². The number of hydrogen-bond donors (Lipinski definition) is 2. The van der Waals surface area contributed by atoms with E-state index in [4.69, 9.17) is 0 Å². The Morgan fingerprint density at radius 2 is 2.20 bits per heavy atom. The highest BCUT2D eigenvalue weighted by Crippen LogP contribution is 2.55. The van der Waals surface area contributed by atoms with Gasteiger partial charge in [-0.15, -0.1) is 0 Å². The molecule has 3 rings (SSSR count). The molecule has 0 bridgehead atoms.